The topological polar surface area (TPSA) is 67.2 Å². The fraction of sp³-hybridized carbons (Fsp3) is 0.125. The Bertz CT molecular complexity index is 1300. The van der Waals surface area contributed by atoms with Gasteiger partial charge in [0.2, 0.25) is 5.91 Å². The molecule has 1 aliphatic rings. The summed E-state index contributed by atoms with van der Waals surface area (Å²) in [6.07, 6.45) is 4.32. The van der Waals surface area contributed by atoms with Gasteiger partial charge in [0.15, 0.2) is 0 Å². The van der Waals surface area contributed by atoms with Crippen LogP contribution in [0, 0.1) is 0 Å². The Morgan fingerprint density at radius 1 is 1.00 bits per heavy atom. The van der Waals surface area contributed by atoms with Crippen molar-refractivity contribution in [2.45, 2.75) is 13.0 Å². The first kappa shape index (κ1) is 19.3. The van der Waals surface area contributed by atoms with Crippen LogP contribution in [0.4, 0.5) is 10.5 Å². The fourth-order valence-corrected chi connectivity index (χ4v) is 4.07. The van der Waals surface area contributed by atoms with Crippen molar-refractivity contribution in [1.29, 1.82) is 0 Å². The normalized spacial score (nSPS) is 13.8. The molecule has 0 unspecified atom stereocenters. The largest absolute Gasteiger partial charge is 0.330 e. The van der Waals surface area contributed by atoms with Gasteiger partial charge < -0.3 is 4.57 Å². The lowest BCUT2D eigenvalue weighted by Crippen LogP contribution is -2.28. The molecule has 1 aromatic heterocycles. The number of amides is 3. The summed E-state index contributed by atoms with van der Waals surface area (Å²) < 4.78 is 2.10. The average molecular weight is 431 g/mol. The van der Waals surface area contributed by atoms with E-state index in [0.717, 1.165) is 33.3 Å². The van der Waals surface area contributed by atoms with Crippen LogP contribution in [0.3, 0.4) is 0 Å². The number of fused-ring (bicyclic) bond motifs is 1. The van der Waals surface area contributed by atoms with E-state index in [-0.39, 0.29) is 18.5 Å². The Hall–Kier alpha value is -3.64. The number of nitrogens with one attached hydrogen (secondary N) is 1. The van der Waals surface area contributed by atoms with Crippen LogP contribution in [-0.4, -0.2) is 28.0 Å². The third kappa shape index (κ3) is 3.90. The predicted molar refractivity (Wildman–Crippen MR) is 120 cm³/mol. The van der Waals surface area contributed by atoms with E-state index >= 15 is 0 Å². The molecule has 0 bridgehead atoms. The summed E-state index contributed by atoms with van der Waals surface area (Å²) in [6.45, 7) is 0.719. The van der Waals surface area contributed by atoms with Gasteiger partial charge in [0.25, 0.3) is 0 Å². The van der Waals surface area contributed by atoms with E-state index in [1.54, 1.807) is 0 Å². The van der Waals surface area contributed by atoms with Crippen LogP contribution in [0.5, 0.6) is 0 Å². The Kier molecular flexibility index (Phi) is 4.92. The van der Waals surface area contributed by atoms with Gasteiger partial charge in [-0.25, -0.2) is 9.78 Å². The van der Waals surface area contributed by atoms with Gasteiger partial charge in [-0.3, -0.25) is 15.0 Å². The van der Waals surface area contributed by atoms with Gasteiger partial charge in [-0.2, -0.15) is 0 Å². The van der Waals surface area contributed by atoms with E-state index < -0.39 is 0 Å². The maximum atomic E-state index is 12.3. The van der Waals surface area contributed by atoms with Crippen LogP contribution >= 0.6 is 11.6 Å². The average Bonchev–Trinajstić information content (AvgIpc) is 3.34. The number of urea groups is 1. The highest BCUT2D eigenvalue weighted by atomic mass is 35.5. The minimum atomic E-state index is -0.389. The van der Waals surface area contributed by atoms with E-state index in [1.807, 2.05) is 67.1 Å². The maximum absolute atomic E-state index is 12.3. The van der Waals surface area contributed by atoms with Gasteiger partial charge in [-0.05, 0) is 34.7 Å². The third-order valence-electron chi connectivity index (χ3n) is 5.43. The number of halogens is 1. The molecule has 1 saturated heterocycles. The zero-order valence-electron chi connectivity index (χ0n) is 16.6. The Balaban J connectivity index is 1.49. The van der Waals surface area contributed by atoms with Crippen molar-refractivity contribution in [2.24, 2.45) is 0 Å². The van der Waals surface area contributed by atoms with Gasteiger partial charge in [0, 0.05) is 35.3 Å². The summed E-state index contributed by atoms with van der Waals surface area (Å²) >= 11 is 6.00. The smallest absolute Gasteiger partial charge is 0.329 e. The summed E-state index contributed by atoms with van der Waals surface area (Å²) in [4.78, 5) is 29.9. The molecule has 2 heterocycles. The van der Waals surface area contributed by atoms with Crippen molar-refractivity contribution in [2.75, 3.05) is 11.4 Å². The molecular formula is C24H19ClN4O2. The summed E-state index contributed by atoms with van der Waals surface area (Å²) in [5.41, 5.74) is 3.96. The van der Waals surface area contributed by atoms with E-state index in [2.05, 4.69) is 20.9 Å². The zero-order valence-corrected chi connectivity index (χ0v) is 17.3. The van der Waals surface area contributed by atoms with Crippen LogP contribution in [0.2, 0.25) is 5.02 Å². The molecule has 154 valence electrons. The summed E-state index contributed by atoms with van der Waals surface area (Å²) in [5, 5.41) is 5.03. The maximum Gasteiger partial charge on any atom is 0.329 e. The molecule has 0 radical (unpaired) electrons. The second-order valence-electron chi connectivity index (χ2n) is 7.59. The lowest BCUT2D eigenvalue weighted by Gasteiger charge is -2.18. The molecule has 0 saturated carbocycles. The first-order valence-electron chi connectivity index (χ1n) is 9.93. The quantitative estimate of drug-likeness (QED) is 0.477. The molecule has 5 rings (SSSR count). The number of carbonyl (C=O) groups excluding carboxylic acids is 2. The van der Waals surface area contributed by atoms with Crippen LogP contribution < -0.4 is 10.2 Å². The monoisotopic (exact) mass is 430 g/mol. The highest BCUT2D eigenvalue weighted by molar-refractivity contribution is 6.30. The molecule has 1 N–H and O–H groups in total. The van der Waals surface area contributed by atoms with Gasteiger partial charge in [0.1, 0.15) is 6.54 Å². The van der Waals surface area contributed by atoms with E-state index in [9.17, 15) is 9.59 Å². The number of hydrogen-bond donors (Lipinski definition) is 1. The molecule has 6 nitrogen and oxygen atoms in total. The highest BCUT2D eigenvalue weighted by Crippen LogP contribution is 2.31. The van der Waals surface area contributed by atoms with Crippen LogP contribution in [-0.2, 0) is 17.8 Å². The molecule has 0 spiro atoms. The van der Waals surface area contributed by atoms with Crippen LogP contribution in [0.15, 0.2) is 73.2 Å². The number of carbonyl (C=O) groups is 2. The summed E-state index contributed by atoms with van der Waals surface area (Å²) in [6, 6.07) is 19.4. The molecule has 7 heteroatoms. The van der Waals surface area contributed by atoms with Crippen molar-refractivity contribution >= 4 is 40.0 Å². The second kappa shape index (κ2) is 7.89. The fourth-order valence-electron chi connectivity index (χ4n) is 3.95. The standard InChI is InChI=1S/C24H19ClN4O2/c25-19-7-5-16(6-8-19)13-28-15-26-12-20(28)10-17-9-18-3-1-2-4-21(18)22(11-17)29-14-23(30)27-24(29)31/h1-9,11-12,15H,10,13-14H2,(H,27,30,31). The first-order valence-corrected chi connectivity index (χ1v) is 10.3. The van der Waals surface area contributed by atoms with Crippen LogP contribution in [0.1, 0.15) is 16.8 Å². The molecule has 0 aliphatic carbocycles. The molecule has 3 amide bonds. The van der Waals surface area contributed by atoms with E-state index in [1.165, 1.54) is 4.90 Å². The van der Waals surface area contributed by atoms with Gasteiger partial charge in [-0.1, -0.05) is 54.1 Å². The van der Waals surface area contributed by atoms with Crippen molar-refractivity contribution < 1.29 is 9.59 Å². The lowest BCUT2D eigenvalue weighted by molar-refractivity contribution is -0.117. The van der Waals surface area contributed by atoms with E-state index in [0.29, 0.717) is 18.0 Å². The first-order chi connectivity index (χ1) is 15.1. The number of anilines is 1. The van der Waals surface area contributed by atoms with Gasteiger partial charge in [-0.15, -0.1) is 0 Å². The number of nitrogens with zero attached hydrogens (tertiary/aromatic N) is 3. The number of aromatic nitrogens is 2. The SMILES string of the molecule is O=C1CN(c2cc(Cc3cncn3Cc3ccc(Cl)cc3)cc3ccccc23)C(=O)N1. The summed E-state index contributed by atoms with van der Waals surface area (Å²) in [7, 11) is 0. The molecular weight excluding hydrogens is 412 g/mol. The van der Waals surface area contributed by atoms with Crippen molar-refractivity contribution in [3.63, 3.8) is 0 Å². The number of rotatable bonds is 5. The van der Waals surface area contributed by atoms with Crippen molar-refractivity contribution in [3.05, 3.63) is 95.0 Å². The van der Waals surface area contributed by atoms with Gasteiger partial charge in [0.05, 0.1) is 12.0 Å². The molecule has 3 aromatic carbocycles. The Labute approximate surface area is 184 Å². The third-order valence-corrected chi connectivity index (χ3v) is 5.69. The molecule has 4 aromatic rings. The Morgan fingerprint density at radius 2 is 1.81 bits per heavy atom. The minimum Gasteiger partial charge on any atom is -0.330 e. The van der Waals surface area contributed by atoms with Crippen molar-refractivity contribution in [3.8, 4) is 0 Å². The lowest BCUT2D eigenvalue weighted by atomic mass is 10.0. The molecule has 1 aliphatic heterocycles. The number of hydrogen-bond acceptors (Lipinski definition) is 3. The predicted octanol–water partition coefficient (Wildman–Crippen LogP) is 4.39. The molecule has 1 fully saturated rings. The highest BCUT2D eigenvalue weighted by Gasteiger charge is 2.29. The molecule has 0 atom stereocenters. The van der Waals surface area contributed by atoms with E-state index in [4.69, 9.17) is 11.6 Å². The summed E-state index contributed by atoms with van der Waals surface area (Å²) in [5.74, 6) is -0.291. The number of imidazole rings is 1. The second-order valence-corrected chi connectivity index (χ2v) is 8.03. The zero-order chi connectivity index (χ0) is 21.4. The number of imide groups is 1. The molecule has 31 heavy (non-hydrogen) atoms. The van der Waals surface area contributed by atoms with Gasteiger partial charge >= 0.3 is 6.03 Å². The van der Waals surface area contributed by atoms with Crippen molar-refractivity contribution in [1.82, 2.24) is 14.9 Å². The number of benzene rings is 3. The Morgan fingerprint density at radius 3 is 2.58 bits per heavy atom. The van der Waals surface area contributed by atoms with Crippen LogP contribution in [0.25, 0.3) is 10.8 Å². The minimum absolute atomic E-state index is 0.0286.